The van der Waals surface area contributed by atoms with E-state index in [9.17, 15) is 9.59 Å². The van der Waals surface area contributed by atoms with Gasteiger partial charge in [0.2, 0.25) is 11.8 Å². The first-order valence-corrected chi connectivity index (χ1v) is 10.3. The maximum atomic E-state index is 12.4. The Bertz CT molecular complexity index is 668. The van der Waals surface area contributed by atoms with Gasteiger partial charge in [0.05, 0.1) is 5.56 Å². The largest absolute Gasteiger partial charge is 0.473 e. The molecule has 148 valence electrons. The predicted octanol–water partition coefficient (Wildman–Crippen LogP) is 3.43. The highest BCUT2D eigenvalue weighted by atomic mass is 35.5. The number of rotatable bonds is 5. The molecule has 2 heterocycles. The van der Waals surface area contributed by atoms with E-state index < -0.39 is 0 Å². The number of likely N-dealkylation sites (tertiary alicyclic amines) is 1. The predicted molar refractivity (Wildman–Crippen MR) is 104 cm³/mol. The number of nitrogens with zero attached hydrogens (tertiary/aromatic N) is 2. The summed E-state index contributed by atoms with van der Waals surface area (Å²) in [7, 11) is 0. The van der Waals surface area contributed by atoms with Crippen LogP contribution in [0.25, 0.3) is 0 Å². The van der Waals surface area contributed by atoms with E-state index in [1.54, 1.807) is 13.0 Å². The number of aromatic nitrogens is 1. The summed E-state index contributed by atoms with van der Waals surface area (Å²) in [6.45, 7) is 3.72. The molecule has 7 heteroatoms. The lowest BCUT2D eigenvalue weighted by molar-refractivity contribution is -0.130. The van der Waals surface area contributed by atoms with Crippen LogP contribution in [0.1, 0.15) is 62.2 Å². The maximum Gasteiger partial charge on any atom is 0.252 e. The molecule has 2 amide bonds. The molecule has 27 heavy (non-hydrogen) atoms. The third-order valence-corrected chi connectivity index (χ3v) is 5.78. The van der Waals surface area contributed by atoms with Crippen molar-refractivity contribution in [1.29, 1.82) is 0 Å². The number of piperidine rings is 1. The Morgan fingerprint density at radius 2 is 1.93 bits per heavy atom. The Labute approximate surface area is 165 Å². The number of carbonyl (C=O) groups is 2. The Kier molecular flexibility index (Phi) is 6.94. The number of pyridine rings is 1. The molecule has 1 aliphatic carbocycles. The van der Waals surface area contributed by atoms with Crippen molar-refractivity contribution < 1.29 is 14.3 Å². The van der Waals surface area contributed by atoms with Crippen LogP contribution in [0.2, 0.25) is 5.02 Å². The van der Waals surface area contributed by atoms with E-state index in [1.807, 2.05) is 4.90 Å². The van der Waals surface area contributed by atoms with Crippen LogP contribution in [-0.2, 0) is 4.79 Å². The second-order valence-electron chi connectivity index (χ2n) is 7.55. The zero-order chi connectivity index (χ0) is 19.2. The highest BCUT2D eigenvalue weighted by Crippen LogP contribution is 2.28. The summed E-state index contributed by atoms with van der Waals surface area (Å²) in [6, 6.07) is 1.63. The number of hydrogen-bond acceptors (Lipinski definition) is 4. The highest BCUT2D eigenvalue weighted by molar-refractivity contribution is 6.32. The molecular formula is C20H28ClN3O3. The van der Waals surface area contributed by atoms with E-state index in [-0.39, 0.29) is 17.9 Å². The van der Waals surface area contributed by atoms with Crippen molar-refractivity contribution >= 4 is 23.4 Å². The molecule has 2 aliphatic rings. The third kappa shape index (κ3) is 5.58. The van der Waals surface area contributed by atoms with Gasteiger partial charge in [-0.05, 0) is 50.5 Å². The van der Waals surface area contributed by atoms with Gasteiger partial charge in [0, 0.05) is 32.8 Å². The van der Waals surface area contributed by atoms with E-state index in [4.69, 9.17) is 16.3 Å². The quantitative estimate of drug-likeness (QED) is 0.831. The minimum absolute atomic E-state index is 0.119. The fraction of sp³-hybridized carbons (Fsp3) is 0.650. The minimum Gasteiger partial charge on any atom is -0.473 e. The molecular weight excluding hydrogens is 366 g/mol. The summed E-state index contributed by atoms with van der Waals surface area (Å²) in [5.74, 6) is 0.745. The molecule has 0 bridgehead atoms. The number of hydrogen-bond donors (Lipinski definition) is 1. The molecule has 1 aromatic rings. The van der Waals surface area contributed by atoms with Crippen LogP contribution < -0.4 is 10.1 Å². The average molecular weight is 394 g/mol. The van der Waals surface area contributed by atoms with Crippen LogP contribution in [0.5, 0.6) is 5.88 Å². The van der Waals surface area contributed by atoms with Gasteiger partial charge in [-0.25, -0.2) is 4.98 Å². The number of ether oxygens (including phenoxy) is 1. The van der Waals surface area contributed by atoms with Crippen molar-refractivity contribution in [2.45, 2.75) is 58.0 Å². The van der Waals surface area contributed by atoms with Crippen LogP contribution in [0.3, 0.4) is 0 Å². The van der Waals surface area contributed by atoms with Crippen LogP contribution in [0, 0.1) is 5.92 Å². The lowest BCUT2D eigenvalue weighted by atomic mass is 9.96. The van der Waals surface area contributed by atoms with Gasteiger partial charge in [-0.2, -0.15) is 0 Å². The molecule has 0 radical (unpaired) electrons. The Morgan fingerprint density at radius 1 is 1.22 bits per heavy atom. The van der Waals surface area contributed by atoms with Crippen molar-refractivity contribution in [3.63, 3.8) is 0 Å². The van der Waals surface area contributed by atoms with Gasteiger partial charge in [-0.15, -0.1) is 0 Å². The number of halogens is 1. The van der Waals surface area contributed by atoms with Crippen molar-refractivity contribution in [3.05, 3.63) is 22.8 Å². The third-order valence-electron chi connectivity index (χ3n) is 5.51. The summed E-state index contributed by atoms with van der Waals surface area (Å²) in [6.07, 6.45) is 9.18. The van der Waals surface area contributed by atoms with Crippen molar-refractivity contribution in [3.8, 4) is 5.88 Å². The van der Waals surface area contributed by atoms with E-state index in [0.29, 0.717) is 28.9 Å². The molecule has 0 spiro atoms. The van der Waals surface area contributed by atoms with Gasteiger partial charge in [0.1, 0.15) is 11.1 Å². The number of amides is 2. The van der Waals surface area contributed by atoms with Gasteiger partial charge in [-0.3, -0.25) is 9.59 Å². The van der Waals surface area contributed by atoms with Gasteiger partial charge in [-0.1, -0.05) is 18.0 Å². The summed E-state index contributed by atoms with van der Waals surface area (Å²) in [5.41, 5.74) is 0.442. The normalized spacial score (nSPS) is 19.0. The number of carbonyl (C=O) groups excluding carboxylic acids is 2. The zero-order valence-corrected chi connectivity index (χ0v) is 16.6. The summed E-state index contributed by atoms with van der Waals surface area (Å²) >= 11 is 6.28. The lowest BCUT2D eigenvalue weighted by Crippen LogP contribution is -2.40. The summed E-state index contributed by atoms with van der Waals surface area (Å²) in [5, 5.41) is 3.34. The monoisotopic (exact) mass is 393 g/mol. The maximum absolute atomic E-state index is 12.4. The molecule has 2 fully saturated rings. The van der Waals surface area contributed by atoms with E-state index >= 15 is 0 Å². The highest BCUT2D eigenvalue weighted by Gasteiger charge is 2.22. The minimum atomic E-state index is -0.178. The van der Waals surface area contributed by atoms with Gasteiger partial charge >= 0.3 is 0 Å². The standard InChI is InChI=1S/C20H28ClN3O3/c1-14(25)24-9-7-15(8-10-24)12-22-19(26)16-11-18(21)20(23-13-16)27-17-5-3-2-4-6-17/h11,13,15,17H,2-10,12H2,1H3,(H,22,26). The average Bonchev–Trinajstić information content (AvgIpc) is 2.68. The summed E-state index contributed by atoms with van der Waals surface area (Å²) < 4.78 is 5.90. The van der Waals surface area contributed by atoms with Crippen LogP contribution >= 0.6 is 11.6 Å². The molecule has 0 unspecified atom stereocenters. The molecule has 6 nitrogen and oxygen atoms in total. The zero-order valence-electron chi connectivity index (χ0n) is 15.9. The lowest BCUT2D eigenvalue weighted by Gasteiger charge is -2.31. The molecule has 1 aliphatic heterocycles. The van der Waals surface area contributed by atoms with Crippen molar-refractivity contribution in [2.24, 2.45) is 5.92 Å². The van der Waals surface area contributed by atoms with E-state index in [0.717, 1.165) is 38.8 Å². The molecule has 0 aromatic carbocycles. The second kappa shape index (κ2) is 9.40. The summed E-state index contributed by atoms with van der Waals surface area (Å²) in [4.78, 5) is 29.9. The molecule has 3 rings (SSSR count). The van der Waals surface area contributed by atoms with Gasteiger partial charge in [0.25, 0.3) is 5.91 Å². The first-order valence-electron chi connectivity index (χ1n) is 9.89. The topological polar surface area (TPSA) is 71.5 Å². The first-order chi connectivity index (χ1) is 13.0. The fourth-order valence-electron chi connectivity index (χ4n) is 3.77. The second-order valence-corrected chi connectivity index (χ2v) is 7.96. The SMILES string of the molecule is CC(=O)N1CCC(CNC(=O)c2cnc(OC3CCCCC3)c(Cl)c2)CC1. The van der Waals surface area contributed by atoms with Gasteiger partial charge in [0.15, 0.2) is 0 Å². The molecule has 1 aromatic heterocycles. The Morgan fingerprint density at radius 3 is 2.56 bits per heavy atom. The number of nitrogens with one attached hydrogen (secondary N) is 1. The molecule has 1 saturated carbocycles. The molecule has 0 atom stereocenters. The molecule has 1 N–H and O–H groups in total. The van der Waals surface area contributed by atoms with Gasteiger partial charge < -0.3 is 15.0 Å². The van der Waals surface area contributed by atoms with Crippen LogP contribution in [0.4, 0.5) is 0 Å². The smallest absolute Gasteiger partial charge is 0.252 e. The van der Waals surface area contributed by atoms with E-state index in [1.165, 1.54) is 25.5 Å². The Balaban J connectivity index is 1.48. The van der Waals surface area contributed by atoms with Crippen LogP contribution in [-0.4, -0.2) is 47.4 Å². The molecule has 1 saturated heterocycles. The van der Waals surface area contributed by atoms with E-state index in [2.05, 4.69) is 10.3 Å². The van der Waals surface area contributed by atoms with Crippen molar-refractivity contribution in [1.82, 2.24) is 15.2 Å². The fourth-order valence-corrected chi connectivity index (χ4v) is 3.98. The Hall–Kier alpha value is -1.82. The van der Waals surface area contributed by atoms with Crippen LogP contribution in [0.15, 0.2) is 12.3 Å². The van der Waals surface area contributed by atoms with Crippen molar-refractivity contribution in [2.75, 3.05) is 19.6 Å². The first kappa shape index (κ1) is 19.9.